The molecule has 0 amide bonds. The minimum Gasteiger partial charge on any atom is -0.463 e. The van der Waals surface area contributed by atoms with Gasteiger partial charge in [0, 0.05) is 29.6 Å². The van der Waals surface area contributed by atoms with Crippen molar-refractivity contribution < 1.29 is 14.3 Å². The summed E-state index contributed by atoms with van der Waals surface area (Å²) >= 11 is 0. The molecule has 148 valence electrons. The summed E-state index contributed by atoms with van der Waals surface area (Å²) in [6.07, 6.45) is 2.83. The van der Waals surface area contributed by atoms with Gasteiger partial charge in [-0.15, -0.1) is 0 Å². The van der Waals surface area contributed by atoms with E-state index >= 15 is 0 Å². The molecule has 0 bridgehead atoms. The lowest BCUT2D eigenvalue weighted by atomic mass is 9.73. The first-order valence-corrected chi connectivity index (χ1v) is 9.97. The van der Waals surface area contributed by atoms with E-state index in [-0.39, 0.29) is 18.3 Å². The average molecular weight is 388 g/mol. The number of hydrogen-bond acceptors (Lipinski definition) is 5. The van der Waals surface area contributed by atoms with Crippen LogP contribution >= 0.6 is 0 Å². The summed E-state index contributed by atoms with van der Waals surface area (Å²) in [5.74, 6) is -0.734. The molecular formula is C24H24N2O3. The Balaban J connectivity index is 1.79. The molecule has 2 aliphatic rings. The number of carbonyl (C=O) groups is 2. The summed E-state index contributed by atoms with van der Waals surface area (Å²) in [7, 11) is 0. The van der Waals surface area contributed by atoms with Crippen LogP contribution in [0.4, 0.5) is 0 Å². The lowest BCUT2D eigenvalue weighted by Crippen LogP contribution is -2.36. The molecule has 2 heterocycles. The zero-order chi connectivity index (χ0) is 20.4. The van der Waals surface area contributed by atoms with Gasteiger partial charge in [0.15, 0.2) is 5.78 Å². The number of ether oxygens (including phenoxy) is 1. The molecule has 0 saturated carbocycles. The fraction of sp³-hybridized carbons (Fsp3) is 0.292. The van der Waals surface area contributed by atoms with Gasteiger partial charge >= 0.3 is 5.97 Å². The summed E-state index contributed by atoms with van der Waals surface area (Å²) < 4.78 is 5.31. The summed E-state index contributed by atoms with van der Waals surface area (Å²) in [5, 5.41) is 3.35. The second-order valence-corrected chi connectivity index (χ2v) is 7.40. The van der Waals surface area contributed by atoms with E-state index in [0.717, 1.165) is 23.4 Å². The number of rotatable bonds is 4. The quantitative estimate of drug-likeness (QED) is 0.802. The number of Topliss-reactive ketones (excluding diaryl/α,β-unsaturated/α-hetero) is 1. The maximum Gasteiger partial charge on any atom is 0.336 e. The average Bonchev–Trinajstić information content (AvgIpc) is 2.74. The highest BCUT2D eigenvalue weighted by Gasteiger charge is 2.41. The summed E-state index contributed by atoms with van der Waals surface area (Å²) in [6.45, 7) is 3.92. The first kappa shape index (κ1) is 19.1. The fourth-order valence-electron chi connectivity index (χ4n) is 4.32. The van der Waals surface area contributed by atoms with Gasteiger partial charge in [-0.25, -0.2) is 4.79 Å². The largest absolute Gasteiger partial charge is 0.463 e. The monoisotopic (exact) mass is 388 g/mol. The summed E-state index contributed by atoms with van der Waals surface area (Å²) in [5.41, 5.74) is 4.56. The third kappa shape index (κ3) is 3.60. The second-order valence-electron chi connectivity index (χ2n) is 7.40. The number of esters is 1. The van der Waals surface area contributed by atoms with Crippen LogP contribution in [0.1, 0.15) is 49.8 Å². The standard InChI is InChI=1S/C24H24N2O3/c1-3-29-24(28)21-15(2)26-19-13-17(16-9-5-4-6-10-16)14-20(27)22(19)23(21)18-11-7-8-12-25-18/h4-12,17,23,26H,3,13-14H2,1-2H3/t17-,23+/m0/s1. The Hall–Kier alpha value is -3.21. The molecule has 1 aromatic heterocycles. The van der Waals surface area contributed by atoms with Gasteiger partial charge in [-0.3, -0.25) is 9.78 Å². The van der Waals surface area contributed by atoms with Gasteiger partial charge in [-0.2, -0.15) is 0 Å². The smallest absolute Gasteiger partial charge is 0.336 e. The molecule has 29 heavy (non-hydrogen) atoms. The molecular weight excluding hydrogens is 364 g/mol. The number of nitrogens with zero attached hydrogens (tertiary/aromatic N) is 1. The van der Waals surface area contributed by atoms with E-state index in [1.807, 2.05) is 43.3 Å². The van der Waals surface area contributed by atoms with Crippen LogP contribution in [0.15, 0.2) is 77.3 Å². The van der Waals surface area contributed by atoms with Crippen molar-refractivity contribution in [3.63, 3.8) is 0 Å². The van der Waals surface area contributed by atoms with E-state index in [2.05, 4.69) is 22.4 Å². The van der Waals surface area contributed by atoms with Crippen LogP contribution in [-0.2, 0) is 14.3 Å². The highest BCUT2D eigenvalue weighted by atomic mass is 16.5. The van der Waals surface area contributed by atoms with Crippen molar-refractivity contribution in [1.29, 1.82) is 0 Å². The van der Waals surface area contributed by atoms with Crippen LogP contribution in [0.5, 0.6) is 0 Å². The third-order valence-corrected chi connectivity index (χ3v) is 5.58. The zero-order valence-corrected chi connectivity index (χ0v) is 16.6. The zero-order valence-electron chi connectivity index (χ0n) is 16.6. The molecule has 0 fully saturated rings. The number of nitrogens with one attached hydrogen (secondary N) is 1. The van der Waals surface area contributed by atoms with Gasteiger partial charge in [0.2, 0.25) is 0 Å². The number of carbonyl (C=O) groups excluding carboxylic acids is 2. The van der Waals surface area contributed by atoms with Gasteiger partial charge in [0.25, 0.3) is 0 Å². The van der Waals surface area contributed by atoms with E-state index in [9.17, 15) is 9.59 Å². The van der Waals surface area contributed by atoms with Gasteiger partial charge in [0.1, 0.15) is 0 Å². The van der Waals surface area contributed by atoms with Crippen LogP contribution < -0.4 is 5.32 Å². The number of ketones is 1. The van der Waals surface area contributed by atoms with Gasteiger partial charge in [-0.1, -0.05) is 36.4 Å². The first-order valence-electron chi connectivity index (χ1n) is 9.97. The number of aromatic nitrogens is 1. The Morgan fingerprint density at radius 1 is 1.14 bits per heavy atom. The predicted molar refractivity (Wildman–Crippen MR) is 110 cm³/mol. The van der Waals surface area contributed by atoms with Crippen LogP contribution in [0.25, 0.3) is 0 Å². The molecule has 1 N–H and O–H groups in total. The summed E-state index contributed by atoms with van der Waals surface area (Å²) in [6, 6.07) is 15.7. The van der Waals surface area contributed by atoms with Crippen molar-refractivity contribution in [2.24, 2.45) is 0 Å². The second kappa shape index (κ2) is 8.03. The van der Waals surface area contributed by atoms with Crippen molar-refractivity contribution in [2.75, 3.05) is 6.61 Å². The molecule has 5 nitrogen and oxygen atoms in total. The molecule has 1 aliphatic heterocycles. The highest BCUT2D eigenvalue weighted by molar-refractivity contribution is 6.04. The van der Waals surface area contributed by atoms with Crippen LogP contribution in [-0.4, -0.2) is 23.3 Å². The summed E-state index contributed by atoms with van der Waals surface area (Å²) in [4.78, 5) is 30.6. The Bertz CT molecular complexity index is 993. The minimum atomic E-state index is -0.504. The minimum absolute atomic E-state index is 0.0533. The lowest BCUT2D eigenvalue weighted by Gasteiger charge is -2.36. The van der Waals surface area contributed by atoms with Crippen molar-refractivity contribution in [3.8, 4) is 0 Å². The molecule has 1 aliphatic carbocycles. The topological polar surface area (TPSA) is 68.3 Å². The van der Waals surface area contributed by atoms with E-state index in [1.54, 1.807) is 13.1 Å². The van der Waals surface area contributed by atoms with Crippen LogP contribution in [0.2, 0.25) is 0 Å². The normalized spacial score (nSPS) is 21.5. The predicted octanol–water partition coefficient (Wildman–Crippen LogP) is 4.01. The van der Waals surface area contributed by atoms with E-state index in [4.69, 9.17) is 4.74 Å². The van der Waals surface area contributed by atoms with Gasteiger partial charge in [0.05, 0.1) is 23.8 Å². The van der Waals surface area contributed by atoms with E-state index < -0.39 is 11.9 Å². The van der Waals surface area contributed by atoms with E-state index in [1.165, 1.54) is 0 Å². The molecule has 2 aromatic rings. The number of allylic oxidation sites excluding steroid dienone is 3. The molecule has 4 rings (SSSR count). The van der Waals surface area contributed by atoms with Gasteiger partial charge in [-0.05, 0) is 43.9 Å². The Kier molecular flexibility index (Phi) is 5.30. The number of benzene rings is 1. The lowest BCUT2D eigenvalue weighted by molar-refractivity contribution is -0.138. The Morgan fingerprint density at radius 3 is 2.59 bits per heavy atom. The third-order valence-electron chi connectivity index (χ3n) is 5.58. The highest BCUT2D eigenvalue weighted by Crippen LogP contribution is 2.45. The maximum atomic E-state index is 13.3. The molecule has 0 saturated heterocycles. The molecule has 5 heteroatoms. The molecule has 0 radical (unpaired) electrons. The van der Waals surface area contributed by atoms with E-state index in [0.29, 0.717) is 23.3 Å². The van der Waals surface area contributed by atoms with Crippen molar-refractivity contribution in [3.05, 3.63) is 88.5 Å². The molecule has 0 unspecified atom stereocenters. The van der Waals surface area contributed by atoms with Crippen LogP contribution in [0.3, 0.4) is 0 Å². The first-order chi connectivity index (χ1) is 14.1. The molecule has 0 spiro atoms. The van der Waals surface area contributed by atoms with Crippen molar-refractivity contribution >= 4 is 11.8 Å². The van der Waals surface area contributed by atoms with Gasteiger partial charge < -0.3 is 10.1 Å². The van der Waals surface area contributed by atoms with Crippen LogP contribution in [0, 0.1) is 0 Å². The SMILES string of the molecule is CCOC(=O)C1=C(C)NC2=C(C(=O)C[C@@H](c3ccccc3)C2)[C@@H]1c1ccccn1. The fourth-order valence-corrected chi connectivity index (χ4v) is 4.32. The Morgan fingerprint density at radius 2 is 1.90 bits per heavy atom. The molecule has 2 atom stereocenters. The molecule has 1 aromatic carbocycles. The Labute approximate surface area is 170 Å². The number of hydrogen-bond donors (Lipinski definition) is 1. The van der Waals surface area contributed by atoms with Crippen molar-refractivity contribution in [2.45, 2.75) is 38.5 Å². The maximum absolute atomic E-state index is 13.3. The number of dihydropyridines is 1. The number of pyridine rings is 1. The van der Waals surface area contributed by atoms with Crippen molar-refractivity contribution in [1.82, 2.24) is 10.3 Å².